The molecule has 1 N–H and O–H groups in total. The van der Waals surface area contributed by atoms with Gasteiger partial charge in [0.25, 0.3) is 0 Å². The molecule has 0 bridgehead atoms. The first-order valence-electron chi connectivity index (χ1n) is 6.34. The molecule has 0 fully saturated rings. The van der Waals surface area contributed by atoms with E-state index in [4.69, 9.17) is 0 Å². The van der Waals surface area contributed by atoms with Crippen LogP contribution in [0.1, 0.15) is 46.5 Å². The van der Waals surface area contributed by atoms with Crippen molar-refractivity contribution in [2.24, 2.45) is 0 Å². The summed E-state index contributed by atoms with van der Waals surface area (Å²) in [5.74, 6) is 0. The van der Waals surface area contributed by atoms with Gasteiger partial charge in [0, 0.05) is 18.6 Å². The summed E-state index contributed by atoms with van der Waals surface area (Å²) in [6, 6.07) is 1.21. The van der Waals surface area contributed by atoms with Crippen LogP contribution in [0.15, 0.2) is 12.7 Å². The molecule has 0 saturated carbocycles. The number of aryl methyl sites for hydroxylation is 1. The second kappa shape index (κ2) is 7.39. The van der Waals surface area contributed by atoms with E-state index < -0.39 is 0 Å². The van der Waals surface area contributed by atoms with Gasteiger partial charge in [-0.1, -0.05) is 20.3 Å². The third kappa shape index (κ3) is 4.75. The Morgan fingerprint density at radius 3 is 2.69 bits per heavy atom. The highest BCUT2D eigenvalue weighted by Crippen LogP contribution is 2.04. The van der Waals surface area contributed by atoms with E-state index in [1.165, 1.54) is 19.3 Å². The first-order chi connectivity index (χ1) is 7.76. The summed E-state index contributed by atoms with van der Waals surface area (Å²) in [6.07, 6.45) is 8.19. The lowest BCUT2D eigenvalue weighted by Gasteiger charge is -2.21. The minimum absolute atomic E-state index is 0.542. The van der Waals surface area contributed by atoms with Crippen molar-refractivity contribution in [2.45, 2.75) is 65.1 Å². The molecule has 2 unspecified atom stereocenters. The third-order valence-corrected chi connectivity index (χ3v) is 2.91. The molecule has 0 radical (unpaired) electrons. The minimum atomic E-state index is 0.542. The molecule has 0 aromatic carbocycles. The summed E-state index contributed by atoms with van der Waals surface area (Å²) >= 11 is 0. The zero-order valence-electron chi connectivity index (χ0n) is 10.7. The zero-order chi connectivity index (χ0) is 11.8. The van der Waals surface area contributed by atoms with Crippen LogP contribution < -0.4 is 5.32 Å². The van der Waals surface area contributed by atoms with E-state index in [0.29, 0.717) is 12.1 Å². The summed E-state index contributed by atoms with van der Waals surface area (Å²) in [5, 5.41) is 7.77. The van der Waals surface area contributed by atoms with Gasteiger partial charge >= 0.3 is 0 Å². The van der Waals surface area contributed by atoms with Crippen LogP contribution in [-0.4, -0.2) is 26.8 Å². The van der Waals surface area contributed by atoms with Gasteiger partial charge in [-0.05, 0) is 26.2 Å². The van der Waals surface area contributed by atoms with Crippen LogP contribution in [0.2, 0.25) is 0 Å². The maximum absolute atomic E-state index is 4.10. The Kier molecular flexibility index (Phi) is 6.08. The van der Waals surface area contributed by atoms with E-state index in [1.54, 1.807) is 12.7 Å². The fraction of sp³-hybridized carbons (Fsp3) is 0.833. The summed E-state index contributed by atoms with van der Waals surface area (Å²) in [4.78, 5) is 3.94. The minimum Gasteiger partial charge on any atom is -0.311 e. The van der Waals surface area contributed by atoms with E-state index in [9.17, 15) is 0 Å². The summed E-state index contributed by atoms with van der Waals surface area (Å²) < 4.78 is 1.89. The number of aromatic nitrogens is 3. The van der Waals surface area contributed by atoms with Crippen molar-refractivity contribution in [3.05, 3.63) is 12.7 Å². The van der Waals surface area contributed by atoms with Crippen molar-refractivity contribution in [2.75, 3.05) is 0 Å². The molecule has 0 aliphatic heterocycles. The molecule has 0 aliphatic carbocycles. The molecule has 1 heterocycles. The Morgan fingerprint density at radius 1 is 1.31 bits per heavy atom. The maximum atomic E-state index is 4.10. The Balaban J connectivity index is 2.21. The molecule has 92 valence electrons. The summed E-state index contributed by atoms with van der Waals surface area (Å²) in [5.41, 5.74) is 0. The molecule has 4 heteroatoms. The van der Waals surface area contributed by atoms with E-state index in [2.05, 4.69) is 36.2 Å². The standard InChI is InChI=1S/C12H24N4/c1-4-6-12(5-2)15-11(3)7-8-16-10-13-9-14-16/h9-12,15H,4-8H2,1-3H3. The van der Waals surface area contributed by atoms with E-state index in [1.807, 2.05) is 4.68 Å². The Hall–Kier alpha value is -0.900. The van der Waals surface area contributed by atoms with Crippen molar-refractivity contribution in [3.63, 3.8) is 0 Å². The highest BCUT2D eigenvalue weighted by molar-refractivity contribution is 4.70. The normalized spacial score (nSPS) is 14.9. The smallest absolute Gasteiger partial charge is 0.137 e. The van der Waals surface area contributed by atoms with Crippen LogP contribution in [0.3, 0.4) is 0 Å². The van der Waals surface area contributed by atoms with Crippen LogP contribution in [0.5, 0.6) is 0 Å². The summed E-state index contributed by atoms with van der Waals surface area (Å²) in [7, 11) is 0. The average molecular weight is 224 g/mol. The van der Waals surface area contributed by atoms with E-state index in [0.717, 1.165) is 13.0 Å². The van der Waals surface area contributed by atoms with Gasteiger partial charge < -0.3 is 5.32 Å². The second-order valence-corrected chi connectivity index (χ2v) is 4.41. The maximum Gasteiger partial charge on any atom is 0.137 e. The van der Waals surface area contributed by atoms with Gasteiger partial charge in [0.05, 0.1) is 0 Å². The largest absolute Gasteiger partial charge is 0.311 e. The Labute approximate surface area is 98.5 Å². The first kappa shape index (κ1) is 13.2. The number of hydrogen-bond donors (Lipinski definition) is 1. The predicted molar refractivity (Wildman–Crippen MR) is 66.2 cm³/mol. The molecule has 1 rings (SSSR count). The lowest BCUT2D eigenvalue weighted by molar-refractivity contribution is 0.378. The van der Waals surface area contributed by atoms with Crippen molar-refractivity contribution >= 4 is 0 Å². The van der Waals surface area contributed by atoms with E-state index >= 15 is 0 Å². The zero-order valence-corrected chi connectivity index (χ0v) is 10.7. The lowest BCUT2D eigenvalue weighted by atomic mass is 10.1. The molecule has 2 atom stereocenters. The molecule has 0 aliphatic rings. The molecule has 1 aromatic heterocycles. The van der Waals surface area contributed by atoms with Gasteiger partial charge in [0.15, 0.2) is 0 Å². The quantitative estimate of drug-likeness (QED) is 0.736. The van der Waals surface area contributed by atoms with Gasteiger partial charge in [-0.15, -0.1) is 0 Å². The molecular weight excluding hydrogens is 200 g/mol. The van der Waals surface area contributed by atoms with Crippen LogP contribution >= 0.6 is 0 Å². The van der Waals surface area contributed by atoms with Crippen LogP contribution in [0, 0.1) is 0 Å². The number of nitrogens with one attached hydrogen (secondary N) is 1. The molecule has 16 heavy (non-hydrogen) atoms. The van der Waals surface area contributed by atoms with E-state index in [-0.39, 0.29) is 0 Å². The van der Waals surface area contributed by atoms with Gasteiger partial charge in [-0.25, -0.2) is 4.98 Å². The van der Waals surface area contributed by atoms with Crippen LogP contribution in [-0.2, 0) is 6.54 Å². The highest BCUT2D eigenvalue weighted by atomic mass is 15.3. The van der Waals surface area contributed by atoms with Gasteiger partial charge in [-0.2, -0.15) is 5.10 Å². The molecule has 0 spiro atoms. The van der Waals surface area contributed by atoms with Crippen LogP contribution in [0.4, 0.5) is 0 Å². The third-order valence-electron chi connectivity index (χ3n) is 2.91. The SMILES string of the molecule is CCCC(CC)NC(C)CCn1cncn1. The Morgan fingerprint density at radius 2 is 2.12 bits per heavy atom. The molecule has 0 amide bonds. The van der Waals surface area contributed by atoms with Gasteiger partial charge in [0.2, 0.25) is 0 Å². The predicted octanol–water partition coefficient (Wildman–Crippen LogP) is 2.23. The first-order valence-corrected chi connectivity index (χ1v) is 6.34. The molecule has 4 nitrogen and oxygen atoms in total. The van der Waals surface area contributed by atoms with Crippen LogP contribution in [0.25, 0.3) is 0 Å². The number of rotatable bonds is 8. The highest BCUT2D eigenvalue weighted by Gasteiger charge is 2.09. The van der Waals surface area contributed by atoms with Crippen molar-refractivity contribution < 1.29 is 0 Å². The molecule has 0 saturated heterocycles. The molecular formula is C12H24N4. The fourth-order valence-corrected chi connectivity index (χ4v) is 1.91. The number of nitrogens with zero attached hydrogens (tertiary/aromatic N) is 3. The Bertz CT molecular complexity index is 258. The van der Waals surface area contributed by atoms with Crippen molar-refractivity contribution in [1.29, 1.82) is 0 Å². The van der Waals surface area contributed by atoms with Gasteiger partial charge in [-0.3, -0.25) is 4.68 Å². The summed E-state index contributed by atoms with van der Waals surface area (Å²) in [6.45, 7) is 7.67. The lowest BCUT2D eigenvalue weighted by Crippen LogP contribution is -2.36. The molecule has 1 aromatic rings. The monoisotopic (exact) mass is 224 g/mol. The number of hydrogen-bond acceptors (Lipinski definition) is 3. The fourth-order valence-electron chi connectivity index (χ4n) is 1.91. The topological polar surface area (TPSA) is 42.7 Å². The van der Waals surface area contributed by atoms with Crippen molar-refractivity contribution in [3.8, 4) is 0 Å². The van der Waals surface area contributed by atoms with Crippen molar-refractivity contribution in [1.82, 2.24) is 20.1 Å². The second-order valence-electron chi connectivity index (χ2n) is 4.41. The van der Waals surface area contributed by atoms with Gasteiger partial charge in [0.1, 0.15) is 12.7 Å². The average Bonchev–Trinajstić information content (AvgIpc) is 2.78.